The van der Waals surface area contributed by atoms with Gasteiger partial charge in [0.05, 0.1) is 5.92 Å². The molecule has 2 aliphatic carbocycles. The van der Waals surface area contributed by atoms with Crippen molar-refractivity contribution in [3.05, 3.63) is 59.7 Å². The fourth-order valence-corrected chi connectivity index (χ4v) is 5.16. The standard InChI is InChI=1S/C27H32N2O5/c1-16(26(31)32)17(2)29-25(30)19-13-7-8-18(19)14-28-27(33)34-15-24-22-11-5-3-9-20(22)21-10-4-6-12-23(21)24/h3-6,9-12,16-19,24H,7-8,13-15H2,1-2H3,(H,28,33)(H,29,30)(H,31,32). The second kappa shape index (κ2) is 10.3. The quantitative estimate of drug-likeness (QED) is 0.544. The Morgan fingerprint density at radius 2 is 1.62 bits per heavy atom. The largest absolute Gasteiger partial charge is 0.481 e. The molecule has 2 aromatic rings. The second-order valence-corrected chi connectivity index (χ2v) is 9.43. The molecule has 1 fully saturated rings. The van der Waals surface area contributed by atoms with Crippen molar-refractivity contribution < 1.29 is 24.2 Å². The average Bonchev–Trinajstić information content (AvgIpc) is 3.43. The van der Waals surface area contributed by atoms with E-state index in [4.69, 9.17) is 9.84 Å². The van der Waals surface area contributed by atoms with Crippen LogP contribution in [-0.4, -0.2) is 42.3 Å². The maximum atomic E-state index is 12.7. The Bertz CT molecular complexity index is 1020. The van der Waals surface area contributed by atoms with Crippen molar-refractivity contribution in [2.24, 2.45) is 17.8 Å². The van der Waals surface area contributed by atoms with Crippen LogP contribution in [0, 0.1) is 17.8 Å². The second-order valence-electron chi connectivity index (χ2n) is 9.43. The van der Waals surface area contributed by atoms with E-state index in [1.54, 1.807) is 13.8 Å². The van der Waals surface area contributed by atoms with E-state index in [-0.39, 0.29) is 30.3 Å². The van der Waals surface area contributed by atoms with E-state index in [2.05, 4.69) is 34.9 Å². The molecule has 0 bridgehead atoms. The molecule has 4 unspecified atom stereocenters. The molecule has 0 aromatic heterocycles. The Balaban J connectivity index is 1.30. The Hall–Kier alpha value is -3.35. The van der Waals surface area contributed by atoms with E-state index in [1.165, 1.54) is 11.1 Å². The van der Waals surface area contributed by atoms with Gasteiger partial charge in [-0.05, 0) is 54.9 Å². The van der Waals surface area contributed by atoms with Crippen LogP contribution in [0.15, 0.2) is 48.5 Å². The van der Waals surface area contributed by atoms with E-state index in [0.29, 0.717) is 6.54 Å². The third-order valence-corrected chi connectivity index (χ3v) is 7.36. The number of hydrogen-bond donors (Lipinski definition) is 3. The van der Waals surface area contributed by atoms with Gasteiger partial charge in [0.1, 0.15) is 6.61 Å². The minimum atomic E-state index is -0.937. The zero-order valence-electron chi connectivity index (χ0n) is 19.6. The average molecular weight is 465 g/mol. The molecule has 0 radical (unpaired) electrons. The molecule has 180 valence electrons. The summed E-state index contributed by atoms with van der Waals surface area (Å²) in [5.41, 5.74) is 4.68. The summed E-state index contributed by atoms with van der Waals surface area (Å²) in [7, 11) is 0. The molecule has 0 aliphatic heterocycles. The molecule has 1 saturated carbocycles. The first-order chi connectivity index (χ1) is 16.4. The Labute approximate surface area is 199 Å². The molecule has 2 amide bonds. The molecular formula is C27H32N2O5. The number of carboxylic acids is 1. The molecule has 7 heteroatoms. The topological polar surface area (TPSA) is 105 Å². The number of amides is 2. The van der Waals surface area contributed by atoms with Crippen LogP contribution in [0.1, 0.15) is 50.2 Å². The van der Waals surface area contributed by atoms with Crippen molar-refractivity contribution >= 4 is 18.0 Å². The third-order valence-electron chi connectivity index (χ3n) is 7.36. The summed E-state index contributed by atoms with van der Waals surface area (Å²) in [4.78, 5) is 36.4. The van der Waals surface area contributed by atoms with Crippen LogP contribution in [0.4, 0.5) is 4.79 Å². The summed E-state index contributed by atoms with van der Waals surface area (Å²) in [6, 6.07) is 15.9. The first kappa shape index (κ1) is 23.8. The van der Waals surface area contributed by atoms with Gasteiger partial charge in [0, 0.05) is 24.4 Å². The van der Waals surface area contributed by atoms with Crippen LogP contribution < -0.4 is 10.6 Å². The molecule has 0 saturated heterocycles. The Morgan fingerprint density at radius 1 is 1.00 bits per heavy atom. The SMILES string of the molecule is CC(NC(=O)C1CCCC1CNC(=O)OCC1c2ccccc2-c2ccccc21)C(C)C(=O)O. The van der Waals surface area contributed by atoms with Gasteiger partial charge in [0.15, 0.2) is 0 Å². The van der Waals surface area contributed by atoms with Gasteiger partial charge in [0.25, 0.3) is 0 Å². The van der Waals surface area contributed by atoms with E-state index < -0.39 is 24.0 Å². The van der Waals surface area contributed by atoms with Crippen molar-refractivity contribution in [1.29, 1.82) is 0 Å². The number of alkyl carbamates (subject to hydrolysis) is 1. The molecule has 2 aliphatic rings. The number of aliphatic carboxylic acids is 1. The molecule has 0 spiro atoms. The van der Waals surface area contributed by atoms with Gasteiger partial charge < -0.3 is 20.5 Å². The molecule has 34 heavy (non-hydrogen) atoms. The lowest BCUT2D eigenvalue weighted by Gasteiger charge is -2.24. The summed E-state index contributed by atoms with van der Waals surface area (Å²) in [5.74, 6) is -1.97. The van der Waals surface area contributed by atoms with Gasteiger partial charge in [-0.3, -0.25) is 9.59 Å². The highest BCUT2D eigenvalue weighted by Crippen LogP contribution is 2.44. The molecule has 7 nitrogen and oxygen atoms in total. The fourth-order valence-electron chi connectivity index (χ4n) is 5.16. The van der Waals surface area contributed by atoms with Crippen LogP contribution in [0.25, 0.3) is 11.1 Å². The smallest absolute Gasteiger partial charge is 0.407 e. The minimum Gasteiger partial charge on any atom is -0.481 e. The maximum absolute atomic E-state index is 12.7. The Kier molecular flexibility index (Phi) is 7.20. The Morgan fingerprint density at radius 3 is 2.24 bits per heavy atom. The van der Waals surface area contributed by atoms with E-state index in [9.17, 15) is 14.4 Å². The lowest BCUT2D eigenvalue weighted by molar-refractivity contribution is -0.142. The highest BCUT2D eigenvalue weighted by Gasteiger charge is 2.35. The maximum Gasteiger partial charge on any atom is 0.407 e. The highest BCUT2D eigenvalue weighted by molar-refractivity contribution is 5.81. The van der Waals surface area contributed by atoms with Gasteiger partial charge in [-0.15, -0.1) is 0 Å². The minimum absolute atomic E-state index is 0.000805. The molecule has 4 rings (SSSR count). The van der Waals surface area contributed by atoms with Crippen molar-refractivity contribution in [2.75, 3.05) is 13.2 Å². The van der Waals surface area contributed by atoms with Crippen LogP contribution in [0.5, 0.6) is 0 Å². The lowest BCUT2D eigenvalue weighted by atomic mass is 9.94. The number of ether oxygens (including phenoxy) is 1. The van der Waals surface area contributed by atoms with Gasteiger partial charge in [0.2, 0.25) is 5.91 Å². The van der Waals surface area contributed by atoms with E-state index >= 15 is 0 Å². The number of carbonyl (C=O) groups excluding carboxylic acids is 2. The van der Waals surface area contributed by atoms with Crippen molar-refractivity contribution in [3.63, 3.8) is 0 Å². The fraction of sp³-hybridized carbons (Fsp3) is 0.444. The third kappa shape index (κ3) is 4.93. The van der Waals surface area contributed by atoms with E-state index in [1.807, 2.05) is 24.3 Å². The zero-order chi connectivity index (χ0) is 24.2. The molecule has 3 N–H and O–H groups in total. The summed E-state index contributed by atoms with van der Waals surface area (Å²) in [5, 5.41) is 14.8. The number of fused-ring (bicyclic) bond motifs is 3. The summed E-state index contributed by atoms with van der Waals surface area (Å²) < 4.78 is 5.60. The van der Waals surface area contributed by atoms with Crippen molar-refractivity contribution in [3.8, 4) is 11.1 Å². The van der Waals surface area contributed by atoms with Crippen LogP contribution in [-0.2, 0) is 14.3 Å². The molecular weight excluding hydrogens is 432 g/mol. The lowest BCUT2D eigenvalue weighted by Crippen LogP contribution is -2.45. The first-order valence-corrected chi connectivity index (χ1v) is 12.0. The monoisotopic (exact) mass is 464 g/mol. The summed E-state index contributed by atoms with van der Waals surface area (Å²) >= 11 is 0. The van der Waals surface area contributed by atoms with Crippen molar-refractivity contribution in [2.45, 2.75) is 45.1 Å². The van der Waals surface area contributed by atoms with Crippen LogP contribution in [0.2, 0.25) is 0 Å². The van der Waals surface area contributed by atoms with Crippen LogP contribution >= 0.6 is 0 Å². The highest BCUT2D eigenvalue weighted by atomic mass is 16.5. The number of nitrogens with one attached hydrogen (secondary N) is 2. The number of carbonyl (C=O) groups is 3. The number of rotatable bonds is 8. The van der Waals surface area contributed by atoms with E-state index in [0.717, 1.165) is 30.4 Å². The van der Waals surface area contributed by atoms with Gasteiger partial charge in [-0.25, -0.2) is 4.79 Å². The predicted octanol–water partition coefficient (Wildman–Crippen LogP) is 4.17. The number of benzene rings is 2. The molecule has 0 heterocycles. The van der Waals surface area contributed by atoms with Crippen molar-refractivity contribution in [1.82, 2.24) is 10.6 Å². The van der Waals surface area contributed by atoms with Gasteiger partial charge >= 0.3 is 12.1 Å². The van der Waals surface area contributed by atoms with Gasteiger partial charge in [-0.2, -0.15) is 0 Å². The molecule has 4 atom stereocenters. The number of carboxylic acid groups (broad SMARTS) is 1. The summed E-state index contributed by atoms with van der Waals surface area (Å²) in [6.45, 7) is 3.89. The zero-order valence-corrected chi connectivity index (χ0v) is 19.6. The molecule has 2 aromatic carbocycles. The van der Waals surface area contributed by atoms with Crippen LogP contribution in [0.3, 0.4) is 0 Å². The van der Waals surface area contributed by atoms with Gasteiger partial charge in [-0.1, -0.05) is 55.0 Å². The predicted molar refractivity (Wildman–Crippen MR) is 128 cm³/mol. The first-order valence-electron chi connectivity index (χ1n) is 12.0. The summed E-state index contributed by atoms with van der Waals surface area (Å²) in [6.07, 6.45) is 1.99. The number of hydrogen-bond acceptors (Lipinski definition) is 4. The normalized spacial score (nSPS) is 20.6.